The van der Waals surface area contributed by atoms with Gasteiger partial charge in [-0.25, -0.2) is 0 Å². The average molecular weight is 287 g/mol. The molecule has 1 aromatic rings. The molecule has 21 heavy (non-hydrogen) atoms. The lowest BCUT2D eigenvalue weighted by Gasteiger charge is -2.19. The van der Waals surface area contributed by atoms with Gasteiger partial charge in [-0.15, -0.1) is 13.2 Å². The van der Waals surface area contributed by atoms with Gasteiger partial charge in [0.25, 0.3) is 0 Å². The van der Waals surface area contributed by atoms with Crippen LogP contribution in [0.3, 0.4) is 0 Å². The minimum absolute atomic E-state index is 0.00197. The van der Waals surface area contributed by atoms with Crippen molar-refractivity contribution in [3.05, 3.63) is 61.5 Å². The van der Waals surface area contributed by atoms with E-state index in [4.69, 9.17) is 0 Å². The summed E-state index contributed by atoms with van der Waals surface area (Å²) in [6.45, 7) is 12.3. The van der Waals surface area contributed by atoms with Crippen molar-refractivity contribution >= 4 is 11.7 Å². The third-order valence-electron chi connectivity index (χ3n) is 2.78. The molecule has 2 N–H and O–H groups in total. The van der Waals surface area contributed by atoms with Gasteiger partial charge >= 0.3 is 0 Å². The van der Waals surface area contributed by atoms with E-state index in [1.165, 1.54) is 0 Å². The van der Waals surface area contributed by atoms with Gasteiger partial charge in [0.05, 0.1) is 12.2 Å². The number of aliphatic hydroxyl groups excluding tert-OH is 1. The fraction of sp³-hybridized carbons (Fsp3) is 0.250. The van der Waals surface area contributed by atoms with E-state index >= 15 is 0 Å². The van der Waals surface area contributed by atoms with Crippen molar-refractivity contribution in [2.45, 2.75) is 6.54 Å². The Bertz CT molecular complexity index is 516. The molecule has 5 nitrogen and oxygen atoms in total. The SMILES string of the molecule is C=CCN(CC=C)C(=O)CNCc1cc(C(=C)O)ccn1. The minimum atomic E-state index is -0.0301. The number of hydrogen-bond donors (Lipinski definition) is 2. The predicted octanol–water partition coefficient (Wildman–Crippen LogP) is 1.90. The summed E-state index contributed by atoms with van der Waals surface area (Å²) >= 11 is 0. The maximum absolute atomic E-state index is 12.0. The molecule has 0 aliphatic heterocycles. The molecule has 0 radical (unpaired) electrons. The van der Waals surface area contributed by atoms with Crippen molar-refractivity contribution < 1.29 is 9.90 Å². The summed E-state index contributed by atoms with van der Waals surface area (Å²) in [4.78, 5) is 17.8. The zero-order valence-electron chi connectivity index (χ0n) is 12.1. The minimum Gasteiger partial charge on any atom is -0.508 e. The smallest absolute Gasteiger partial charge is 0.237 e. The van der Waals surface area contributed by atoms with Crippen LogP contribution in [0.25, 0.3) is 5.76 Å². The summed E-state index contributed by atoms with van der Waals surface area (Å²) in [6, 6.07) is 3.40. The maximum Gasteiger partial charge on any atom is 0.237 e. The van der Waals surface area contributed by atoms with Gasteiger partial charge in [-0.3, -0.25) is 9.78 Å². The molecule has 0 spiro atoms. The summed E-state index contributed by atoms with van der Waals surface area (Å²) < 4.78 is 0. The molecule has 0 saturated heterocycles. The van der Waals surface area contributed by atoms with E-state index in [1.807, 2.05) is 0 Å². The van der Waals surface area contributed by atoms with Gasteiger partial charge in [0.2, 0.25) is 5.91 Å². The van der Waals surface area contributed by atoms with E-state index in [1.54, 1.807) is 35.4 Å². The second kappa shape index (κ2) is 8.71. The molecule has 1 rings (SSSR count). The number of carbonyl (C=O) groups is 1. The number of pyridine rings is 1. The molecule has 1 aromatic heterocycles. The molecular weight excluding hydrogens is 266 g/mol. The van der Waals surface area contributed by atoms with Gasteiger partial charge in [0.1, 0.15) is 5.76 Å². The van der Waals surface area contributed by atoms with Gasteiger partial charge in [-0.1, -0.05) is 18.7 Å². The maximum atomic E-state index is 12.0. The van der Waals surface area contributed by atoms with Crippen LogP contribution in [0.2, 0.25) is 0 Å². The molecule has 1 heterocycles. The molecule has 112 valence electrons. The van der Waals surface area contributed by atoms with Gasteiger partial charge in [-0.05, 0) is 12.1 Å². The lowest BCUT2D eigenvalue weighted by atomic mass is 10.2. The van der Waals surface area contributed by atoms with Crippen molar-refractivity contribution in [3.63, 3.8) is 0 Å². The van der Waals surface area contributed by atoms with Crippen LogP contribution in [0.1, 0.15) is 11.3 Å². The molecule has 0 saturated carbocycles. The lowest BCUT2D eigenvalue weighted by Crippen LogP contribution is -2.38. The zero-order chi connectivity index (χ0) is 15.7. The van der Waals surface area contributed by atoms with Gasteiger partial charge in [0, 0.05) is 31.4 Å². The number of nitrogens with zero attached hydrogens (tertiary/aromatic N) is 2. The fourth-order valence-corrected chi connectivity index (χ4v) is 1.75. The highest BCUT2D eigenvalue weighted by Crippen LogP contribution is 2.09. The Balaban J connectivity index is 2.50. The molecule has 0 unspecified atom stereocenters. The Labute approximate surface area is 125 Å². The first-order chi connectivity index (χ1) is 10.1. The average Bonchev–Trinajstić information content (AvgIpc) is 2.47. The van der Waals surface area contributed by atoms with Crippen molar-refractivity contribution in [1.82, 2.24) is 15.2 Å². The first-order valence-corrected chi connectivity index (χ1v) is 6.62. The molecule has 0 atom stereocenters. The van der Waals surface area contributed by atoms with Crippen LogP contribution in [0.4, 0.5) is 0 Å². The quantitative estimate of drug-likeness (QED) is 0.538. The van der Waals surface area contributed by atoms with Gasteiger partial charge in [0.15, 0.2) is 0 Å². The van der Waals surface area contributed by atoms with Gasteiger partial charge in [-0.2, -0.15) is 0 Å². The normalized spacial score (nSPS) is 9.90. The Morgan fingerprint density at radius 3 is 2.62 bits per heavy atom. The Morgan fingerprint density at radius 1 is 1.38 bits per heavy atom. The highest BCUT2D eigenvalue weighted by molar-refractivity contribution is 5.78. The Hall–Kier alpha value is -2.40. The second-order valence-electron chi connectivity index (χ2n) is 4.46. The number of aliphatic hydroxyl groups is 1. The van der Waals surface area contributed by atoms with Crippen LogP contribution in [-0.4, -0.2) is 40.5 Å². The first kappa shape index (κ1) is 16.7. The van der Waals surface area contributed by atoms with Crippen LogP contribution >= 0.6 is 0 Å². The third-order valence-corrected chi connectivity index (χ3v) is 2.78. The summed E-state index contributed by atoms with van der Waals surface area (Å²) in [5.41, 5.74) is 1.35. The molecule has 1 amide bonds. The molecule has 0 aliphatic carbocycles. The van der Waals surface area contributed by atoms with E-state index in [0.717, 1.165) is 5.69 Å². The van der Waals surface area contributed by atoms with Crippen molar-refractivity contribution in [3.8, 4) is 0 Å². The second-order valence-corrected chi connectivity index (χ2v) is 4.46. The standard InChI is InChI=1S/C16H21N3O2/c1-4-8-19(9-5-2)16(21)12-17-11-15-10-14(13(3)20)6-7-18-15/h4-7,10,17,20H,1-3,8-9,11-12H2. The van der Waals surface area contributed by atoms with E-state index in [2.05, 4.69) is 30.0 Å². The summed E-state index contributed by atoms with van der Waals surface area (Å²) in [7, 11) is 0. The first-order valence-electron chi connectivity index (χ1n) is 6.62. The number of nitrogens with one attached hydrogen (secondary N) is 1. The molecule has 0 aliphatic rings. The molecular formula is C16H21N3O2. The van der Waals surface area contributed by atoms with Gasteiger partial charge < -0.3 is 15.3 Å². The van der Waals surface area contributed by atoms with Crippen LogP contribution in [-0.2, 0) is 11.3 Å². The monoisotopic (exact) mass is 287 g/mol. The lowest BCUT2D eigenvalue weighted by molar-refractivity contribution is -0.129. The van der Waals surface area contributed by atoms with Crippen molar-refractivity contribution in [1.29, 1.82) is 0 Å². The van der Waals surface area contributed by atoms with Crippen LogP contribution < -0.4 is 5.32 Å². The van der Waals surface area contributed by atoms with E-state index in [-0.39, 0.29) is 18.2 Å². The molecule has 5 heteroatoms. The van der Waals surface area contributed by atoms with E-state index in [0.29, 0.717) is 25.2 Å². The van der Waals surface area contributed by atoms with E-state index in [9.17, 15) is 9.90 Å². The zero-order valence-corrected chi connectivity index (χ0v) is 12.1. The number of amides is 1. The third kappa shape index (κ3) is 5.62. The number of hydrogen-bond acceptors (Lipinski definition) is 4. The highest BCUT2D eigenvalue weighted by Gasteiger charge is 2.10. The largest absolute Gasteiger partial charge is 0.508 e. The number of carbonyl (C=O) groups excluding carboxylic acids is 1. The number of rotatable bonds is 9. The van der Waals surface area contributed by atoms with Crippen molar-refractivity contribution in [2.24, 2.45) is 0 Å². The van der Waals surface area contributed by atoms with Crippen LogP contribution in [0.5, 0.6) is 0 Å². The predicted molar refractivity (Wildman–Crippen MR) is 84.6 cm³/mol. The topological polar surface area (TPSA) is 65.5 Å². The van der Waals surface area contributed by atoms with E-state index < -0.39 is 0 Å². The molecule has 0 fully saturated rings. The molecule has 0 aromatic carbocycles. The number of aromatic nitrogens is 1. The Morgan fingerprint density at radius 2 is 2.05 bits per heavy atom. The highest BCUT2D eigenvalue weighted by atomic mass is 16.3. The summed E-state index contributed by atoms with van der Waals surface area (Å²) in [5.74, 6) is -0.0320. The Kier molecular flexibility index (Phi) is 6.91. The van der Waals surface area contributed by atoms with Crippen LogP contribution in [0, 0.1) is 0 Å². The summed E-state index contributed by atoms with van der Waals surface area (Å²) in [6.07, 6.45) is 4.95. The van der Waals surface area contributed by atoms with Crippen LogP contribution in [0.15, 0.2) is 50.2 Å². The molecule has 0 bridgehead atoms. The summed E-state index contributed by atoms with van der Waals surface area (Å²) in [5, 5.41) is 12.4. The fourth-order valence-electron chi connectivity index (χ4n) is 1.75. The van der Waals surface area contributed by atoms with Crippen molar-refractivity contribution in [2.75, 3.05) is 19.6 Å².